The summed E-state index contributed by atoms with van der Waals surface area (Å²) in [7, 11) is -5.72. The van der Waals surface area contributed by atoms with Crippen molar-refractivity contribution in [2.45, 2.75) is 88.1 Å². The highest BCUT2D eigenvalue weighted by atomic mass is 35.7. The molecule has 0 atom stereocenters. The van der Waals surface area contributed by atoms with Crippen LogP contribution in [0.4, 0.5) is 0 Å². The summed E-state index contributed by atoms with van der Waals surface area (Å²) in [4.78, 5) is 0.116. The molecule has 240 valence electrons. The Labute approximate surface area is 286 Å². The van der Waals surface area contributed by atoms with Crippen LogP contribution >= 0.6 is 22.2 Å². The Morgan fingerprint density at radius 1 is 0.489 bits per heavy atom. The van der Waals surface area contributed by atoms with Gasteiger partial charge in [-0.2, -0.15) is 0 Å². The van der Waals surface area contributed by atoms with Gasteiger partial charge in [0.15, 0.2) is 0 Å². The van der Waals surface area contributed by atoms with E-state index in [9.17, 15) is 0 Å². The first-order valence-electron chi connectivity index (χ1n) is 16.6. The predicted octanol–water partition coefficient (Wildman–Crippen LogP) is 9.00. The normalized spacial score (nSPS) is 13.3. The van der Waals surface area contributed by atoms with Crippen LogP contribution in [0.15, 0.2) is 121 Å². The van der Waals surface area contributed by atoms with Gasteiger partial charge in [0.25, 0.3) is 6.69 Å². The molecule has 45 heavy (non-hydrogen) atoms. The lowest BCUT2D eigenvalue weighted by atomic mass is 10.2. The molecule has 0 aliphatic rings. The van der Waals surface area contributed by atoms with Crippen LogP contribution in [0.5, 0.6) is 0 Å². The Bertz CT molecular complexity index is 1270. The van der Waals surface area contributed by atoms with Crippen LogP contribution in [0.25, 0.3) is 0 Å². The van der Waals surface area contributed by atoms with Crippen molar-refractivity contribution in [3.63, 3.8) is 0 Å². The van der Waals surface area contributed by atoms with Crippen molar-refractivity contribution in [1.82, 2.24) is 0 Å². The summed E-state index contributed by atoms with van der Waals surface area (Å²) < 4.78 is 0. The third-order valence-corrected chi connectivity index (χ3v) is 36.1. The van der Waals surface area contributed by atoms with E-state index in [-0.39, 0.29) is 14.9 Å². The van der Waals surface area contributed by atoms with Gasteiger partial charge in [0.2, 0.25) is 0 Å². The Kier molecular flexibility index (Phi) is 11.9. The third-order valence-electron chi connectivity index (χ3n) is 10.0. The summed E-state index contributed by atoms with van der Waals surface area (Å²) in [6, 6.07) is 46.5. The Balaban J connectivity index is 2.26. The fourth-order valence-corrected chi connectivity index (χ4v) is 43.9. The van der Waals surface area contributed by atoms with Gasteiger partial charge in [0, 0.05) is 0 Å². The van der Waals surface area contributed by atoms with Gasteiger partial charge in [-0.3, -0.25) is 0 Å². The van der Waals surface area contributed by atoms with Crippen molar-refractivity contribution in [2.24, 2.45) is 5.73 Å². The molecule has 0 spiro atoms. The van der Waals surface area contributed by atoms with Gasteiger partial charge in [0.1, 0.15) is 16.1 Å². The molecule has 0 aliphatic carbocycles. The zero-order valence-electron chi connectivity index (χ0n) is 28.2. The topological polar surface area (TPSA) is 26.0 Å². The highest BCUT2D eigenvalue weighted by Crippen LogP contribution is 2.59. The van der Waals surface area contributed by atoms with Gasteiger partial charge < -0.3 is 5.73 Å². The van der Waals surface area contributed by atoms with E-state index in [1.165, 1.54) is 20.7 Å². The molecule has 2 N–H and O–H groups in total. The standard InChI is InChI=1S/C39H53Cl2NSi3/c1-38(2,3)44(33-23-13-9-14-24-33,34-25-15-10-16-26-34)37(43(40,41)32-22-8-7-21-31-42)45(39(4,5)6,35-27-17-11-18-28-35)36-29-19-12-20-30-36/h9-20,23-30,37H,7-8,21-22,31-32,42H2,1-6H3. The lowest BCUT2D eigenvalue weighted by Gasteiger charge is -2.62. The molecule has 0 heterocycles. The number of benzene rings is 4. The van der Waals surface area contributed by atoms with Crippen LogP contribution in [0.2, 0.25) is 20.9 Å². The Morgan fingerprint density at radius 2 is 0.778 bits per heavy atom. The number of hydrogen-bond donors (Lipinski definition) is 1. The van der Waals surface area contributed by atoms with Crippen molar-refractivity contribution in [1.29, 1.82) is 0 Å². The number of hydrogen-bond acceptors (Lipinski definition) is 1. The van der Waals surface area contributed by atoms with E-state index in [2.05, 4.69) is 163 Å². The van der Waals surface area contributed by atoms with E-state index in [1.807, 2.05) is 0 Å². The molecule has 0 aromatic heterocycles. The number of nitrogens with two attached hydrogens (primary N) is 1. The lowest BCUT2D eigenvalue weighted by Crippen LogP contribution is -2.83. The minimum absolute atomic E-state index is 0.102. The first kappa shape index (κ1) is 35.9. The molecule has 4 aromatic carbocycles. The lowest BCUT2D eigenvalue weighted by molar-refractivity contribution is 0.670. The van der Waals surface area contributed by atoms with E-state index < -0.39 is 22.8 Å². The molecule has 0 radical (unpaired) electrons. The Morgan fingerprint density at radius 3 is 1.04 bits per heavy atom. The van der Waals surface area contributed by atoms with Gasteiger partial charge in [-0.05, 0) is 33.9 Å². The zero-order valence-corrected chi connectivity index (χ0v) is 32.7. The largest absolute Gasteiger partial charge is 0.330 e. The molecule has 0 bridgehead atoms. The van der Waals surface area contributed by atoms with Gasteiger partial charge >= 0.3 is 0 Å². The van der Waals surface area contributed by atoms with Crippen molar-refractivity contribution in [2.75, 3.05) is 6.54 Å². The third kappa shape index (κ3) is 7.02. The van der Waals surface area contributed by atoms with Crippen LogP contribution in [-0.4, -0.2) is 29.4 Å². The summed E-state index contributed by atoms with van der Waals surface area (Å²) in [5.41, 5.74) is 5.88. The molecule has 1 nitrogen and oxygen atoms in total. The summed E-state index contributed by atoms with van der Waals surface area (Å²) in [5, 5.41) is 5.53. The summed E-state index contributed by atoms with van der Waals surface area (Å²) >= 11 is 16.7. The van der Waals surface area contributed by atoms with Crippen LogP contribution in [0.3, 0.4) is 0 Å². The average Bonchev–Trinajstić information content (AvgIpc) is 3.01. The minimum atomic E-state index is -3.08. The van der Waals surface area contributed by atoms with E-state index in [0.29, 0.717) is 0 Å². The molecular weight excluding hydrogens is 638 g/mol. The highest BCUT2D eigenvalue weighted by Gasteiger charge is 2.70. The maximum atomic E-state index is 8.34. The number of rotatable bonds is 13. The van der Waals surface area contributed by atoms with E-state index in [4.69, 9.17) is 27.9 Å². The van der Waals surface area contributed by atoms with Gasteiger partial charge in [-0.15, -0.1) is 22.2 Å². The fraction of sp³-hybridized carbons (Fsp3) is 0.385. The second-order valence-corrected chi connectivity index (χ2v) is 33.4. The molecule has 0 amide bonds. The number of unbranched alkanes of at least 4 members (excludes halogenated alkanes) is 3. The first-order valence-corrected chi connectivity index (χ1v) is 25.1. The number of halogens is 2. The van der Waals surface area contributed by atoms with Crippen molar-refractivity contribution < 1.29 is 0 Å². The second kappa shape index (κ2) is 14.9. The second-order valence-electron chi connectivity index (χ2n) is 14.7. The molecule has 0 saturated carbocycles. The Hall–Kier alpha value is -1.93. The van der Waals surface area contributed by atoms with Crippen LogP contribution in [0, 0.1) is 0 Å². The molecule has 6 heteroatoms. The molecule has 0 fully saturated rings. The van der Waals surface area contributed by atoms with E-state index in [0.717, 1.165) is 38.3 Å². The molecule has 0 saturated heterocycles. The van der Waals surface area contributed by atoms with Gasteiger partial charge in [-0.25, -0.2) is 0 Å². The van der Waals surface area contributed by atoms with E-state index >= 15 is 0 Å². The fourth-order valence-electron chi connectivity index (χ4n) is 8.36. The molecule has 4 rings (SSSR count). The molecule has 0 unspecified atom stereocenters. The summed E-state index contributed by atoms with van der Waals surface area (Å²) in [6.45, 7) is 12.5. The molecule has 0 aliphatic heterocycles. The predicted molar refractivity (Wildman–Crippen MR) is 209 cm³/mol. The zero-order chi connectivity index (χ0) is 32.8. The summed E-state index contributed by atoms with van der Waals surface area (Å²) in [6.07, 6.45) is 4.32. The van der Waals surface area contributed by atoms with Gasteiger partial charge in [-0.1, -0.05) is 203 Å². The highest BCUT2D eigenvalue weighted by molar-refractivity contribution is 7.54. The van der Waals surface area contributed by atoms with Crippen molar-refractivity contribution >= 4 is 65.7 Å². The maximum absolute atomic E-state index is 8.34. The maximum Gasteiger partial charge on any atom is 0.250 e. The summed E-state index contributed by atoms with van der Waals surface area (Å²) in [5.74, 6) is 0. The van der Waals surface area contributed by atoms with Crippen LogP contribution in [0.1, 0.15) is 67.2 Å². The monoisotopic (exact) mass is 689 g/mol. The molecular formula is C39H53Cl2NSi3. The smallest absolute Gasteiger partial charge is 0.250 e. The minimum Gasteiger partial charge on any atom is -0.330 e. The molecule has 4 aromatic rings. The van der Waals surface area contributed by atoms with Crippen LogP contribution in [-0.2, 0) is 0 Å². The van der Waals surface area contributed by atoms with Crippen molar-refractivity contribution in [3.8, 4) is 0 Å². The van der Waals surface area contributed by atoms with Crippen molar-refractivity contribution in [3.05, 3.63) is 121 Å². The quantitative estimate of drug-likeness (QED) is 0.0846. The van der Waals surface area contributed by atoms with E-state index in [1.54, 1.807) is 0 Å². The average molecular weight is 691 g/mol. The SMILES string of the molecule is CC(C)(C)[Si](c1ccccc1)(c1ccccc1)C([Si](Cl)(Cl)CCCCCCN)[Si](c1ccccc1)(c1ccccc1)C(C)(C)C. The van der Waals surface area contributed by atoms with Gasteiger partial charge in [0.05, 0.1) is 0 Å². The van der Waals surface area contributed by atoms with Crippen LogP contribution < -0.4 is 26.5 Å². The first-order chi connectivity index (χ1) is 21.3.